The van der Waals surface area contributed by atoms with Crippen molar-refractivity contribution in [3.05, 3.63) is 59.7 Å². The molecular formula is C20H24N2O2. The molecule has 2 rings (SSSR count). The highest BCUT2D eigenvalue weighted by molar-refractivity contribution is 5.93. The SMILES string of the molecule is CC(=O)N(CCN(C(C)=O)c1cccc(C)c1)c1cccc(C)c1. The Morgan fingerprint density at radius 1 is 0.750 bits per heavy atom. The molecule has 24 heavy (non-hydrogen) atoms. The molecule has 0 aliphatic heterocycles. The summed E-state index contributed by atoms with van der Waals surface area (Å²) in [6.45, 7) is 7.99. The first-order valence-corrected chi connectivity index (χ1v) is 8.08. The summed E-state index contributed by atoms with van der Waals surface area (Å²) in [6, 6.07) is 15.7. The van der Waals surface area contributed by atoms with Gasteiger partial charge in [-0.25, -0.2) is 0 Å². The van der Waals surface area contributed by atoms with E-state index in [0.717, 1.165) is 22.5 Å². The number of hydrogen-bond acceptors (Lipinski definition) is 2. The Labute approximate surface area is 143 Å². The summed E-state index contributed by atoms with van der Waals surface area (Å²) in [4.78, 5) is 27.5. The maximum absolute atomic E-state index is 12.1. The van der Waals surface area contributed by atoms with E-state index in [4.69, 9.17) is 0 Å². The van der Waals surface area contributed by atoms with Crippen LogP contribution in [0.4, 0.5) is 11.4 Å². The van der Waals surface area contributed by atoms with Gasteiger partial charge in [-0.05, 0) is 49.2 Å². The molecule has 126 valence electrons. The van der Waals surface area contributed by atoms with Gasteiger partial charge in [-0.2, -0.15) is 0 Å². The van der Waals surface area contributed by atoms with Gasteiger partial charge in [0.25, 0.3) is 0 Å². The lowest BCUT2D eigenvalue weighted by Crippen LogP contribution is -2.39. The summed E-state index contributed by atoms with van der Waals surface area (Å²) in [7, 11) is 0. The van der Waals surface area contributed by atoms with E-state index in [-0.39, 0.29) is 11.8 Å². The number of nitrogens with zero attached hydrogens (tertiary/aromatic N) is 2. The second kappa shape index (κ2) is 7.77. The largest absolute Gasteiger partial charge is 0.311 e. The number of benzene rings is 2. The Morgan fingerprint density at radius 2 is 1.12 bits per heavy atom. The third-order valence-corrected chi connectivity index (χ3v) is 3.93. The first-order chi connectivity index (χ1) is 11.4. The van der Waals surface area contributed by atoms with Crippen molar-refractivity contribution in [1.29, 1.82) is 0 Å². The van der Waals surface area contributed by atoms with Crippen LogP contribution in [-0.4, -0.2) is 24.9 Å². The molecule has 0 saturated carbocycles. The third-order valence-electron chi connectivity index (χ3n) is 3.93. The number of aryl methyl sites for hydroxylation is 2. The fourth-order valence-corrected chi connectivity index (χ4v) is 2.73. The molecule has 2 aromatic carbocycles. The van der Waals surface area contributed by atoms with Crippen LogP contribution in [0.2, 0.25) is 0 Å². The molecule has 2 aromatic rings. The molecule has 4 heteroatoms. The van der Waals surface area contributed by atoms with Gasteiger partial charge >= 0.3 is 0 Å². The van der Waals surface area contributed by atoms with Crippen LogP contribution in [0.25, 0.3) is 0 Å². The van der Waals surface area contributed by atoms with Gasteiger partial charge in [0, 0.05) is 38.3 Å². The first kappa shape index (κ1) is 17.7. The van der Waals surface area contributed by atoms with Gasteiger partial charge in [0.15, 0.2) is 0 Å². The Hall–Kier alpha value is -2.62. The second-order valence-corrected chi connectivity index (χ2v) is 6.02. The number of rotatable bonds is 5. The van der Waals surface area contributed by atoms with Crippen LogP contribution >= 0.6 is 0 Å². The van der Waals surface area contributed by atoms with E-state index >= 15 is 0 Å². The second-order valence-electron chi connectivity index (χ2n) is 6.02. The summed E-state index contributed by atoms with van der Waals surface area (Å²) >= 11 is 0. The van der Waals surface area contributed by atoms with Crippen LogP contribution in [0.5, 0.6) is 0 Å². The fraction of sp³-hybridized carbons (Fsp3) is 0.300. The quantitative estimate of drug-likeness (QED) is 0.841. The molecule has 0 radical (unpaired) electrons. The molecule has 0 aliphatic rings. The van der Waals surface area contributed by atoms with Gasteiger partial charge in [0.05, 0.1) is 0 Å². The number of hydrogen-bond donors (Lipinski definition) is 0. The van der Waals surface area contributed by atoms with Gasteiger partial charge in [-0.1, -0.05) is 24.3 Å². The monoisotopic (exact) mass is 324 g/mol. The van der Waals surface area contributed by atoms with Crippen molar-refractivity contribution < 1.29 is 9.59 Å². The molecule has 0 aromatic heterocycles. The minimum atomic E-state index is -0.0339. The lowest BCUT2D eigenvalue weighted by atomic mass is 10.2. The molecule has 0 fully saturated rings. The molecule has 0 unspecified atom stereocenters. The number of anilines is 2. The zero-order chi connectivity index (χ0) is 17.7. The maximum atomic E-state index is 12.1. The molecule has 0 aliphatic carbocycles. The van der Waals surface area contributed by atoms with E-state index in [1.165, 1.54) is 0 Å². The molecule has 0 bridgehead atoms. The molecule has 0 atom stereocenters. The van der Waals surface area contributed by atoms with E-state index in [1.807, 2.05) is 62.4 Å². The van der Waals surface area contributed by atoms with E-state index in [0.29, 0.717) is 13.1 Å². The fourth-order valence-electron chi connectivity index (χ4n) is 2.73. The van der Waals surface area contributed by atoms with Crippen molar-refractivity contribution in [3.8, 4) is 0 Å². The highest BCUT2D eigenvalue weighted by Crippen LogP contribution is 2.19. The Morgan fingerprint density at radius 3 is 1.42 bits per heavy atom. The summed E-state index contributed by atoms with van der Waals surface area (Å²) in [5.74, 6) is -0.0679. The van der Waals surface area contributed by atoms with Gasteiger partial charge in [0.1, 0.15) is 0 Å². The zero-order valence-electron chi connectivity index (χ0n) is 14.7. The zero-order valence-corrected chi connectivity index (χ0v) is 14.7. The lowest BCUT2D eigenvalue weighted by molar-refractivity contribution is -0.118. The van der Waals surface area contributed by atoms with Gasteiger partial charge < -0.3 is 9.80 Å². The topological polar surface area (TPSA) is 40.6 Å². The average molecular weight is 324 g/mol. The molecule has 4 nitrogen and oxygen atoms in total. The van der Waals surface area contributed by atoms with Crippen molar-refractivity contribution in [2.24, 2.45) is 0 Å². The van der Waals surface area contributed by atoms with Crippen molar-refractivity contribution in [1.82, 2.24) is 0 Å². The lowest BCUT2D eigenvalue weighted by Gasteiger charge is -2.27. The minimum Gasteiger partial charge on any atom is -0.311 e. The van der Waals surface area contributed by atoms with Crippen LogP contribution in [0, 0.1) is 13.8 Å². The van der Waals surface area contributed by atoms with Crippen LogP contribution in [0.3, 0.4) is 0 Å². The minimum absolute atomic E-state index is 0.0339. The average Bonchev–Trinajstić information content (AvgIpc) is 2.50. The number of carbonyl (C=O) groups excluding carboxylic acids is 2. The highest BCUT2D eigenvalue weighted by Gasteiger charge is 2.16. The van der Waals surface area contributed by atoms with E-state index in [9.17, 15) is 9.59 Å². The van der Waals surface area contributed by atoms with E-state index in [2.05, 4.69) is 0 Å². The number of carbonyl (C=O) groups is 2. The van der Waals surface area contributed by atoms with E-state index < -0.39 is 0 Å². The Balaban J connectivity index is 2.20. The van der Waals surface area contributed by atoms with E-state index in [1.54, 1.807) is 23.6 Å². The molecular weight excluding hydrogens is 300 g/mol. The third kappa shape index (κ3) is 4.44. The molecule has 0 heterocycles. The van der Waals surface area contributed by atoms with Crippen molar-refractivity contribution in [2.45, 2.75) is 27.7 Å². The van der Waals surface area contributed by atoms with Crippen LogP contribution in [0.1, 0.15) is 25.0 Å². The Bertz CT molecular complexity index is 676. The number of amides is 2. The van der Waals surface area contributed by atoms with Gasteiger partial charge in [0.2, 0.25) is 11.8 Å². The summed E-state index contributed by atoms with van der Waals surface area (Å²) < 4.78 is 0. The first-order valence-electron chi connectivity index (χ1n) is 8.08. The molecule has 0 N–H and O–H groups in total. The van der Waals surface area contributed by atoms with Gasteiger partial charge in [-0.15, -0.1) is 0 Å². The molecule has 0 spiro atoms. The van der Waals surface area contributed by atoms with Crippen LogP contribution < -0.4 is 9.80 Å². The van der Waals surface area contributed by atoms with Crippen LogP contribution in [0.15, 0.2) is 48.5 Å². The van der Waals surface area contributed by atoms with Gasteiger partial charge in [-0.3, -0.25) is 9.59 Å². The van der Waals surface area contributed by atoms with Crippen molar-refractivity contribution in [2.75, 3.05) is 22.9 Å². The molecule has 2 amide bonds. The molecule has 0 saturated heterocycles. The summed E-state index contributed by atoms with van der Waals surface area (Å²) in [5.41, 5.74) is 3.91. The highest BCUT2D eigenvalue weighted by atomic mass is 16.2. The standard InChI is InChI=1S/C20H24N2O2/c1-15-7-5-9-19(13-15)21(17(3)23)11-12-22(18(4)24)20-10-6-8-16(2)14-20/h5-10,13-14H,11-12H2,1-4H3. The van der Waals surface area contributed by atoms with Crippen LogP contribution in [-0.2, 0) is 9.59 Å². The summed E-state index contributed by atoms with van der Waals surface area (Å²) in [5, 5.41) is 0. The normalized spacial score (nSPS) is 10.3. The predicted molar refractivity (Wildman–Crippen MR) is 98.4 cm³/mol. The van der Waals surface area contributed by atoms with Crippen molar-refractivity contribution in [3.63, 3.8) is 0 Å². The smallest absolute Gasteiger partial charge is 0.223 e. The van der Waals surface area contributed by atoms with Crippen molar-refractivity contribution >= 4 is 23.2 Å². The maximum Gasteiger partial charge on any atom is 0.223 e. The summed E-state index contributed by atoms with van der Waals surface area (Å²) in [6.07, 6.45) is 0. The Kier molecular flexibility index (Phi) is 5.74. The predicted octanol–water partition coefficient (Wildman–Crippen LogP) is 3.71.